The molecule has 3 aliphatic rings. The number of carbonyl (C=O) groups is 3. The Labute approximate surface area is 186 Å². The number of carbonyl (C=O) groups excluding carboxylic acids is 3. The van der Waals surface area contributed by atoms with Crippen LogP contribution in [0.2, 0.25) is 0 Å². The first-order chi connectivity index (χ1) is 15.0. The third-order valence-electron chi connectivity index (χ3n) is 6.39. The molecule has 1 aromatic rings. The second kappa shape index (κ2) is 9.82. The van der Waals surface area contributed by atoms with Gasteiger partial charge in [-0.15, -0.1) is 11.8 Å². The van der Waals surface area contributed by atoms with Crippen LogP contribution in [0.4, 0.5) is 4.79 Å². The summed E-state index contributed by atoms with van der Waals surface area (Å²) in [5, 5.41) is 6.69. The van der Waals surface area contributed by atoms with Gasteiger partial charge >= 0.3 is 6.03 Å². The van der Waals surface area contributed by atoms with Crippen LogP contribution in [-0.2, 0) is 22.4 Å². The van der Waals surface area contributed by atoms with Crippen molar-refractivity contribution in [1.29, 1.82) is 0 Å². The van der Waals surface area contributed by atoms with Crippen molar-refractivity contribution in [2.24, 2.45) is 16.8 Å². The summed E-state index contributed by atoms with van der Waals surface area (Å²) >= 11 is 1.52. The van der Waals surface area contributed by atoms with Crippen molar-refractivity contribution in [2.75, 3.05) is 12.4 Å². The Hall–Kier alpha value is -2.39. The molecule has 3 atom stereocenters. The second-order valence-electron chi connectivity index (χ2n) is 8.46. The number of nitrogens with zero attached hydrogens (tertiary/aromatic N) is 2. The Bertz CT molecular complexity index is 851. The molecule has 166 valence electrons. The van der Waals surface area contributed by atoms with Gasteiger partial charge in [0.25, 0.3) is 0 Å². The quantitative estimate of drug-likeness (QED) is 0.435. The van der Waals surface area contributed by atoms with Crippen molar-refractivity contribution in [2.45, 2.75) is 55.9 Å². The lowest BCUT2D eigenvalue weighted by molar-refractivity contribution is -0.134. The summed E-state index contributed by atoms with van der Waals surface area (Å²) < 4.78 is 0. The van der Waals surface area contributed by atoms with E-state index in [1.54, 1.807) is 11.1 Å². The number of ketones is 1. The number of fused-ring (bicyclic) bond motifs is 1. The van der Waals surface area contributed by atoms with Gasteiger partial charge in [0.05, 0.1) is 11.3 Å². The van der Waals surface area contributed by atoms with E-state index in [-0.39, 0.29) is 23.0 Å². The number of thioether (sulfide) groups is 1. The maximum Gasteiger partial charge on any atom is 0.332 e. The molecule has 8 nitrogen and oxygen atoms in total. The van der Waals surface area contributed by atoms with E-state index < -0.39 is 12.1 Å². The molecule has 1 aromatic carbocycles. The van der Waals surface area contributed by atoms with E-state index in [0.29, 0.717) is 24.8 Å². The Morgan fingerprint density at radius 1 is 1.26 bits per heavy atom. The molecular formula is C22H29N5O3S. The first kappa shape index (κ1) is 21.8. The van der Waals surface area contributed by atoms with E-state index in [1.807, 2.05) is 0 Å². The van der Waals surface area contributed by atoms with E-state index in [0.717, 1.165) is 32.1 Å². The molecule has 2 aliphatic heterocycles. The summed E-state index contributed by atoms with van der Waals surface area (Å²) in [5.41, 5.74) is 10.0. The first-order valence-corrected chi connectivity index (χ1v) is 11.9. The first-order valence-electron chi connectivity index (χ1n) is 10.9. The fraction of sp³-hybridized carbons (Fsp3) is 0.545. The Morgan fingerprint density at radius 3 is 2.71 bits per heavy atom. The Balaban J connectivity index is 1.32. The van der Waals surface area contributed by atoms with Crippen LogP contribution in [0.1, 0.15) is 36.8 Å². The van der Waals surface area contributed by atoms with Crippen LogP contribution in [0, 0.1) is 5.92 Å². The molecule has 4 rings (SSSR count). The summed E-state index contributed by atoms with van der Waals surface area (Å²) in [6.07, 6.45) is 6.63. The van der Waals surface area contributed by atoms with E-state index in [2.05, 4.69) is 40.1 Å². The molecule has 1 aliphatic carbocycles. The van der Waals surface area contributed by atoms with Gasteiger partial charge in [0.15, 0.2) is 0 Å². The summed E-state index contributed by atoms with van der Waals surface area (Å²) in [6.45, 7) is 0.621. The zero-order valence-corrected chi connectivity index (χ0v) is 18.3. The molecule has 0 saturated carbocycles. The standard InChI is InChI=1S/C22H29N5O3S/c23-22(30)26-25-12-17-6-3-9-27(17)21(29)19-20(31-13-24-19)18(28)8-7-14-10-15-4-1-2-5-16(15)11-14/h1-2,4-5,12,14,17,19-20,24H,3,6-11,13H2,(H3,23,26,30)/t17-,19-,20?/m0/s1. The van der Waals surface area contributed by atoms with Crippen LogP contribution in [0.25, 0.3) is 0 Å². The topological polar surface area (TPSA) is 117 Å². The van der Waals surface area contributed by atoms with Gasteiger partial charge in [-0.25, -0.2) is 10.2 Å². The lowest BCUT2D eigenvalue weighted by atomic mass is 9.96. The van der Waals surface area contributed by atoms with Crippen LogP contribution in [0.5, 0.6) is 0 Å². The summed E-state index contributed by atoms with van der Waals surface area (Å²) in [6, 6.07) is 7.06. The molecule has 0 radical (unpaired) electrons. The molecule has 4 N–H and O–H groups in total. The van der Waals surface area contributed by atoms with Crippen molar-refractivity contribution >= 4 is 35.7 Å². The van der Waals surface area contributed by atoms with Crippen LogP contribution < -0.4 is 16.5 Å². The van der Waals surface area contributed by atoms with Crippen LogP contribution in [0.15, 0.2) is 29.4 Å². The van der Waals surface area contributed by atoms with Gasteiger partial charge < -0.3 is 10.6 Å². The zero-order chi connectivity index (χ0) is 21.8. The fourth-order valence-corrected chi connectivity index (χ4v) is 6.02. The predicted molar refractivity (Wildman–Crippen MR) is 121 cm³/mol. The minimum Gasteiger partial charge on any atom is -0.350 e. The van der Waals surface area contributed by atoms with E-state index in [1.165, 1.54) is 22.9 Å². The largest absolute Gasteiger partial charge is 0.350 e. The summed E-state index contributed by atoms with van der Waals surface area (Å²) in [7, 11) is 0. The van der Waals surface area contributed by atoms with Crippen LogP contribution in [-0.4, -0.2) is 58.6 Å². The molecule has 9 heteroatoms. The fourth-order valence-electron chi connectivity index (χ4n) is 4.86. The normalized spacial score (nSPS) is 25.8. The SMILES string of the molecule is NC(=O)NN=C[C@@H]1CCCN1C(=O)[C@H]1NCSC1C(=O)CCC1Cc2ccccc2C1. The third kappa shape index (κ3) is 5.10. The molecule has 31 heavy (non-hydrogen) atoms. The van der Waals surface area contributed by atoms with Crippen molar-refractivity contribution in [3.8, 4) is 0 Å². The number of likely N-dealkylation sites (tertiary alicyclic amines) is 1. The molecule has 0 bridgehead atoms. The highest BCUT2D eigenvalue weighted by molar-refractivity contribution is 8.00. The van der Waals surface area contributed by atoms with Crippen molar-refractivity contribution in [3.63, 3.8) is 0 Å². The summed E-state index contributed by atoms with van der Waals surface area (Å²) in [4.78, 5) is 38.8. The smallest absolute Gasteiger partial charge is 0.332 e. The maximum absolute atomic E-state index is 13.2. The maximum atomic E-state index is 13.2. The monoisotopic (exact) mass is 443 g/mol. The van der Waals surface area contributed by atoms with Crippen LogP contribution >= 0.6 is 11.8 Å². The van der Waals surface area contributed by atoms with Gasteiger partial charge in [0, 0.05) is 25.1 Å². The number of benzene rings is 1. The lowest BCUT2D eigenvalue weighted by Gasteiger charge is -2.27. The van der Waals surface area contributed by atoms with Crippen molar-refractivity contribution in [1.82, 2.24) is 15.6 Å². The van der Waals surface area contributed by atoms with Crippen molar-refractivity contribution < 1.29 is 14.4 Å². The number of hydrogen-bond acceptors (Lipinski definition) is 6. The zero-order valence-electron chi connectivity index (χ0n) is 17.5. The molecule has 1 unspecified atom stereocenters. The molecule has 2 heterocycles. The van der Waals surface area contributed by atoms with Gasteiger partial charge in [0.1, 0.15) is 11.8 Å². The number of primary amides is 1. The molecule has 2 fully saturated rings. The highest BCUT2D eigenvalue weighted by Gasteiger charge is 2.42. The van der Waals surface area contributed by atoms with E-state index in [4.69, 9.17) is 5.73 Å². The number of nitrogens with one attached hydrogen (secondary N) is 2. The Kier molecular flexibility index (Phi) is 6.92. The number of rotatable bonds is 7. The van der Waals surface area contributed by atoms with E-state index in [9.17, 15) is 14.4 Å². The highest BCUT2D eigenvalue weighted by Crippen LogP contribution is 2.32. The van der Waals surface area contributed by atoms with Gasteiger partial charge in [0.2, 0.25) is 5.91 Å². The lowest BCUT2D eigenvalue weighted by Crippen LogP contribution is -2.51. The minimum absolute atomic E-state index is 0.0651. The highest BCUT2D eigenvalue weighted by atomic mass is 32.2. The second-order valence-corrected chi connectivity index (χ2v) is 9.59. The number of nitrogens with two attached hydrogens (primary N) is 1. The molecule has 0 aromatic heterocycles. The summed E-state index contributed by atoms with van der Waals surface area (Å²) in [5.74, 6) is 1.19. The van der Waals surface area contributed by atoms with Gasteiger partial charge in [-0.2, -0.15) is 5.10 Å². The Morgan fingerprint density at radius 2 is 2.00 bits per heavy atom. The van der Waals surface area contributed by atoms with Gasteiger partial charge in [-0.05, 0) is 49.1 Å². The predicted octanol–water partition coefficient (Wildman–Crippen LogP) is 1.43. The molecular weight excluding hydrogens is 414 g/mol. The van der Waals surface area contributed by atoms with E-state index >= 15 is 0 Å². The number of hydrogen-bond donors (Lipinski definition) is 3. The number of Topliss-reactive ketones (excluding diaryl/α,β-unsaturated/α-hetero) is 1. The van der Waals surface area contributed by atoms with Crippen molar-refractivity contribution in [3.05, 3.63) is 35.4 Å². The van der Waals surface area contributed by atoms with Gasteiger partial charge in [-0.3, -0.25) is 14.9 Å². The number of hydrazone groups is 1. The average Bonchev–Trinajstić information content (AvgIpc) is 3.50. The third-order valence-corrected chi connectivity index (χ3v) is 7.62. The molecule has 0 spiro atoms. The number of urea groups is 1. The van der Waals surface area contributed by atoms with Gasteiger partial charge in [-0.1, -0.05) is 24.3 Å². The minimum atomic E-state index is -0.739. The average molecular weight is 444 g/mol. The molecule has 2 saturated heterocycles. The molecule has 3 amide bonds. The van der Waals surface area contributed by atoms with Crippen LogP contribution in [0.3, 0.4) is 0 Å². The number of amides is 3.